The molecule has 2 aromatic rings. The van der Waals surface area contributed by atoms with Gasteiger partial charge in [0.25, 0.3) is 0 Å². The molecule has 0 aliphatic heterocycles. The van der Waals surface area contributed by atoms with Crippen LogP contribution in [0.5, 0.6) is 5.75 Å². The first-order chi connectivity index (χ1) is 11.7. The molecule has 0 saturated heterocycles. The molecule has 0 saturated carbocycles. The number of carbonyl (C=O) groups excluding carboxylic acids is 1. The number of hydrogen-bond donors (Lipinski definition) is 1. The van der Waals surface area contributed by atoms with Gasteiger partial charge < -0.3 is 9.84 Å². The fourth-order valence-electron chi connectivity index (χ4n) is 2.88. The third-order valence-corrected chi connectivity index (χ3v) is 4.05. The number of carboxylic acid groups (broad SMARTS) is 1. The lowest BCUT2D eigenvalue weighted by atomic mass is 9.81. The van der Waals surface area contributed by atoms with Crippen LogP contribution in [0.25, 0.3) is 0 Å². The van der Waals surface area contributed by atoms with Gasteiger partial charge in [0.2, 0.25) is 0 Å². The minimum atomic E-state index is -0.852. The van der Waals surface area contributed by atoms with Gasteiger partial charge in [-0.15, -0.1) is 0 Å². The Morgan fingerprint density at radius 1 is 1.04 bits per heavy atom. The lowest BCUT2D eigenvalue weighted by Gasteiger charge is -2.25. The molecule has 2 aromatic carbocycles. The smallest absolute Gasteiger partial charge is 0.308 e. The van der Waals surface area contributed by atoms with E-state index >= 15 is 0 Å². The monoisotopic (exact) mass is 340 g/mol. The van der Waals surface area contributed by atoms with E-state index in [2.05, 4.69) is 0 Å². The molecule has 0 amide bonds. The molecule has 0 spiro atoms. The van der Waals surface area contributed by atoms with Gasteiger partial charge in [-0.05, 0) is 22.6 Å². The quantitative estimate of drug-likeness (QED) is 0.642. The second-order valence-electron chi connectivity index (χ2n) is 7.16. The first-order valence-electron chi connectivity index (χ1n) is 8.28. The van der Waals surface area contributed by atoms with Gasteiger partial charge in [-0.2, -0.15) is 0 Å². The second-order valence-corrected chi connectivity index (χ2v) is 7.16. The maximum absolute atomic E-state index is 11.4. The molecule has 0 fully saturated rings. The van der Waals surface area contributed by atoms with E-state index in [0.717, 1.165) is 16.7 Å². The summed E-state index contributed by atoms with van der Waals surface area (Å²) in [5.41, 5.74) is 2.48. The van der Waals surface area contributed by atoms with Gasteiger partial charge in [-0.1, -0.05) is 63.2 Å². The Hall–Kier alpha value is -2.62. The first kappa shape index (κ1) is 18.7. The highest BCUT2D eigenvalue weighted by atomic mass is 16.5. The molecule has 4 heteroatoms. The second kappa shape index (κ2) is 7.51. The molecule has 1 unspecified atom stereocenters. The Kier molecular flexibility index (Phi) is 5.62. The lowest BCUT2D eigenvalue weighted by Crippen LogP contribution is -2.16. The van der Waals surface area contributed by atoms with Crippen molar-refractivity contribution in [3.63, 3.8) is 0 Å². The Balaban J connectivity index is 2.54. The van der Waals surface area contributed by atoms with E-state index in [4.69, 9.17) is 4.74 Å². The third-order valence-electron chi connectivity index (χ3n) is 4.05. The molecule has 0 bridgehead atoms. The van der Waals surface area contributed by atoms with Crippen molar-refractivity contribution in [2.75, 3.05) is 0 Å². The predicted octanol–water partition coefficient (Wildman–Crippen LogP) is 4.52. The van der Waals surface area contributed by atoms with Crippen LogP contribution in [0.3, 0.4) is 0 Å². The third kappa shape index (κ3) is 4.92. The summed E-state index contributed by atoms with van der Waals surface area (Å²) in [5, 5.41) is 9.34. The summed E-state index contributed by atoms with van der Waals surface area (Å²) in [5.74, 6) is -0.962. The lowest BCUT2D eigenvalue weighted by molar-refractivity contribution is -0.137. The van der Waals surface area contributed by atoms with Crippen LogP contribution in [0.1, 0.15) is 56.7 Å². The zero-order valence-electron chi connectivity index (χ0n) is 15.1. The summed E-state index contributed by atoms with van der Waals surface area (Å²) in [6, 6.07) is 15.1. The number of carboxylic acids is 1. The van der Waals surface area contributed by atoms with Crippen molar-refractivity contribution < 1.29 is 19.4 Å². The zero-order valence-corrected chi connectivity index (χ0v) is 15.1. The van der Waals surface area contributed by atoms with Gasteiger partial charge >= 0.3 is 11.9 Å². The van der Waals surface area contributed by atoms with Crippen molar-refractivity contribution in [1.29, 1.82) is 0 Å². The van der Waals surface area contributed by atoms with Crippen molar-refractivity contribution in [3.05, 3.63) is 65.2 Å². The SMILES string of the molecule is CC(=O)Oc1ccc(C(CC(=O)O)c2ccccc2)cc1C(C)(C)C. The number of benzene rings is 2. The molecule has 25 heavy (non-hydrogen) atoms. The summed E-state index contributed by atoms with van der Waals surface area (Å²) < 4.78 is 5.34. The van der Waals surface area contributed by atoms with Crippen molar-refractivity contribution in [2.45, 2.75) is 45.4 Å². The number of esters is 1. The summed E-state index contributed by atoms with van der Waals surface area (Å²) in [4.78, 5) is 22.8. The van der Waals surface area contributed by atoms with Crippen LogP contribution < -0.4 is 4.74 Å². The number of rotatable bonds is 5. The van der Waals surface area contributed by atoms with Crippen LogP contribution in [-0.2, 0) is 15.0 Å². The number of hydrogen-bond acceptors (Lipinski definition) is 3. The van der Waals surface area contributed by atoms with Gasteiger partial charge in [0, 0.05) is 18.4 Å². The molecular formula is C21H24O4. The standard InChI is InChI=1S/C21H24O4/c1-14(22)25-19-11-10-16(12-18(19)21(2,3)4)17(13-20(23)24)15-8-6-5-7-9-15/h5-12,17H,13H2,1-4H3,(H,23,24). The maximum atomic E-state index is 11.4. The molecule has 0 aliphatic rings. The molecular weight excluding hydrogens is 316 g/mol. The summed E-state index contributed by atoms with van der Waals surface area (Å²) in [7, 11) is 0. The van der Waals surface area contributed by atoms with Gasteiger partial charge in [0.15, 0.2) is 0 Å². The topological polar surface area (TPSA) is 63.6 Å². The Morgan fingerprint density at radius 3 is 2.20 bits per heavy atom. The van der Waals surface area contributed by atoms with E-state index in [1.807, 2.05) is 63.2 Å². The fraction of sp³-hybridized carbons (Fsp3) is 0.333. The molecule has 132 valence electrons. The molecule has 0 radical (unpaired) electrons. The van der Waals surface area contributed by atoms with E-state index in [1.165, 1.54) is 6.92 Å². The molecule has 1 N–H and O–H groups in total. The Morgan fingerprint density at radius 2 is 1.68 bits per heavy atom. The first-order valence-corrected chi connectivity index (χ1v) is 8.28. The molecule has 1 atom stereocenters. The van der Waals surface area contributed by atoms with Crippen LogP contribution in [0, 0.1) is 0 Å². The molecule has 0 aliphatic carbocycles. The van der Waals surface area contributed by atoms with Crippen LogP contribution in [-0.4, -0.2) is 17.0 Å². The fourth-order valence-corrected chi connectivity index (χ4v) is 2.88. The van der Waals surface area contributed by atoms with Crippen LogP contribution in [0.15, 0.2) is 48.5 Å². The van der Waals surface area contributed by atoms with E-state index in [-0.39, 0.29) is 23.7 Å². The van der Waals surface area contributed by atoms with Crippen molar-refractivity contribution >= 4 is 11.9 Å². The van der Waals surface area contributed by atoms with Crippen LogP contribution in [0.2, 0.25) is 0 Å². The molecule has 0 heterocycles. The van der Waals surface area contributed by atoms with E-state index < -0.39 is 5.97 Å². The van der Waals surface area contributed by atoms with Gasteiger partial charge in [0.1, 0.15) is 5.75 Å². The molecule has 0 aromatic heterocycles. The summed E-state index contributed by atoms with van der Waals surface area (Å²) in [6.07, 6.45) is 0.000504. The average molecular weight is 340 g/mol. The van der Waals surface area contributed by atoms with E-state index in [0.29, 0.717) is 5.75 Å². The van der Waals surface area contributed by atoms with Crippen molar-refractivity contribution in [1.82, 2.24) is 0 Å². The van der Waals surface area contributed by atoms with Gasteiger partial charge in [-0.3, -0.25) is 9.59 Å². The summed E-state index contributed by atoms with van der Waals surface area (Å²) >= 11 is 0. The van der Waals surface area contributed by atoms with Crippen LogP contribution in [0.4, 0.5) is 0 Å². The predicted molar refractivity (Wildman–Crippen MR) is 97.0 cm³/mol. The average Bonchev–Trinajstić information content (AvgIpc) is 2.52. The molecule has 4 nitrogen and oxygen atoms in total. The van der Waals surface area contributed by atoms with Crippen LogP contribution >= 0.6 is 0 Å². The van der Waals surface area contributed by atoms with E-state index in [1.54, 1.807) is 6.07 Å². The minimum Gasteiger partial charge on any atom is -0.481 e. The minimum absolute atomic E-state index is 0.000504. The number of aliphatic carboxylic acids is 1. The normalized spacial score (nSPS) is 12.5. The number of carbonyl (C=O) groups is 2. The highest BCUT2D eigenvalue weighted by Crippen LogP contribution is 2.36. The van der Waals surface area contributed by atoms with Gasteiger partial charge in [-0.25, -0.2) is 0 Å². The van der Waals surface area contributed by atoms with Gasteiger partial charge in [0.05, 0.1) is 6.42 Å². The largest absolute Gasteiger partial charge is 0.481 e. The maximum Gasteiger partial charge on any atom is 0.308 e. The molecule has 2 rings (SSSR count). The van der Waals surface area contributed by atoms with E-state index in [9.17, 15) is 14.7 Å². The Labute approximate surface area is 148 Å². The highest BCUT2D eigenvalue weighted by molar-refractivity contribution is 5.71. The van der Waals surface area contributed by atoms with Crippen molar-refractivity contribution in [2.24, 2.45) is 0 Å². The summed E-state index contributed by atoms with van der Waals surface area (Å²) in [6.45, 7) is 7.48. The van der Waals surface area contributed by atoms with Crippen molar-refractivity contribution in [3.8, 4) is 5.75 Å². The highest BCUT2D eigenvalue weighted by Gasteiger charge is 2.24. The number of ether oxygens (including phenoxy) is 1. The Bertz CT molecular complexity index is 757. The zero-order chi connectivity index (χ0) is 18.6.